The maximum Gasteiger partial charge on any atom is 0.387 e. The minimum atomic E-state index is -3.00. The van der Waals surface area contributed by atoms with Gasteiger partial charge in [0.25, 0.3) is 0 Å². The highest BCUT2D eigenvalue weighted by Crippen LogP contribution is 2.24. The monoisotopic (exact) mass is 417 g/mol. The van der Waals surface area contributed by atoms with Crippen LogP contribution in [0.3, 0.4) is 0 Å². The minimum Gasteiger partial charge on any atom is -0.434 e. The molecule has 4 nitrogen and oxygen atoms in total. The van der Waals surface area contributed by atoms with Gasteiger partial charge in [0, 0.05) is 13.1 Å². The highest BCUT2D eigenvalue weighted by Gasteiger charge is 2.13. The molecule has 0 aliphatic carbocycles. The Labute approximate surface area is 139 Å². The number of guanidine groups is 1. The molecule has 8 heteroatoms. The zero-order valence-corrected chi connectivity index (χ0v) is 14.2. The summed E-state index contributed by atoms with van der Waals surface area (Å²) in [5.74, 6) is -0.336. The van der Waals surface area contributed by atoms with Gasteiger partial charge in [-0.1, -0.05) is 6.07 Å². The van der Waals surface area contributed by atoms with Gasteiger partial charge in [-0.15, -0.1) is 24.0 Å². The van der Waals surface area contributed by atoms with Crippen LogP contribution in [-0.4, -0.2) is 25.7 Å². The van der Waals surface area contributed by atoms with Crippen LogP contribution in [0.4, 0.5) is 13.2 Å². The van der Waals surface area contributed by atoms with Gasteiger partial charge in [-0.2, -0.15) is 8.78 Å². The number of alkyl halides is 2. The maximum absolute atomic E-state index is 13.7. The van der Waals surface area contributed by atoms with Crippen LogP contribution in [0.15, 0.2) is 23.2 Å². The molecular formula is C13H19F3IN3O. The van der Waals surface area contributed by atoms with Crippen LogP contribution in [0.2, 0.25) is 0 Å². The molecule has 21 heavy (non-hydrogen) atoms. The summed E-state index contributed by atoms with van der Waals surface area (Å²) in [6.07, 6.45) is 0. The van der Waals surface area contributed by atoms with Crippen molar-refractivity contribution in [2.24, 2.45) is 4.99 Å². The Bertz CT molecular complexity index is 450. The van der Waals surface area contributed by atoms with Crippen molar-refractivity contribution in [2.75, 3.05) is 13.1 Å². The second-order valence-electron chi connectivity index (χ2n) is 3.82. The highest BCUT2D eigenvalue weighted by atomic mass is 127. The van der Waals surface area contributed by atoms with E-state index in [1.165, 1.54) is 18.2 Å². The summed E-state index contributed by atoms with van der Waals surface area (Å²) in [5, 5.41) is 5.92. The predicted octanol–water partition coefficient (Wildman–Crippen LogP) is 3.12. The van der Waals surface area contributed by atoms with E-state index >= 15 is 0 Å². The van der Waals surface area contributed by atoms with Crippen molar-refractivity contribution >= 4 is 29.9 Å². The Hall–Kier alpha value is -1.19. The molecule has 0 amide bonds. The first-order valence-corrected chi connectivity index (χ1v) is 6.32. The van der Waals surface area contributed by atoms with Gasteiger partial charge in [-0.3, -0.25) is 0 Å². The van der Waals surface area contributed by atoms with E-state index in [4.69, 9.17) is 0 Å². The second-order valence-corrected chi connectivity index (χ2v) is 3.82. The van der Waals surface area contributed by atoms with Gasteiger partial charge in [0.15, 0.2) is 5.96 Å². The van der Waals surface area contributed by atoms with Crippen LogP contribution in [0.5, 0.6) is 5.75 Å². The number of ether oxygens (including phenoxy) is 1. The number of hydrogen-bond acceptors (Lipinski definition) is 2. The Morgan fingerprint density at radius 2 is 1.86 bits per heavy atom. The number of nitrogens with zero attached hydrogens (tertiary/aromatic N) is 1. The smallest absolute Gasteiger partial charge is 0.387 e. The fourth-order valence-corrected chi connectivity index (χ4v) is 1.57. The van der Waals surface area contributed by atoms with Gasteiger partial charge < -0.3 is 15.4 Å². The second kappa shape index (κ2) is 10.5. The summed E-state index contributed by atoms with van der Waals surface area (Å²) in [6.45, 7) is 1.97. The summed E-state index contributed by atoms with van der Waals surface area (Å²) in [7, 11) is 0. The topological polar surface area (TPSA) is 45.7 Å². The van der Waals surface area contributed by atoms with Crippen molar-refractivity contribution in [3.63, 3.8) is 0 Å². The molecule has 0 aliphatic rings. The lowest BCUT2D eigenvalue weighted by molar-refractivity contribution is -0.0506. The Balaban J connectivity index is 0.00000400. The van der Waals surface area contributed by atoms with Crippen LogP contribution < -0.4 is 15.4 Å². The predicted molar refractivity (Wildman–Crippen MR) is 86.9 cm³/mol. The van der Waals surface area contributed by atoms with E-state index in [2.05, 4.69) is 20.4 Å². The number of benzene rings is 1. The van der Waals surface area contributed by atoms with E-state index in [9.17, 15) is 13.2 Å². The summed E-state index contributed by atoms with van der Waals surface area (Å²) in [4.78, 5) is 4.13. The molecule has 0 saturated heterocycles. The third kappa shape index (κ3) is 6.87. The summed E-state index contributed by atoms with van der Waals surface area (Å²) in [6, 6.07) is 3.79. The maximum atomic E-state index is 13.7. The zero-order valence-electron chi connectivity index (χ0n) is 11.8. The van der Waals surface area contributed by atoms with Crippen molar-refractivity contribution in [3.8, 4) is 5.75 Å². The first-order chi connectivity index (χ1) is 9.58. The Morgan fingerprint density at radius 1 is 1.24 bits per heavy atom. The summed E-state index contributed by atoms with van der Waals surface area (Å²) < 4.78 is 42.5. The lowest BCUT2D eigenvalue weighted by Crippen LogP contribution is -2.37. The Morgan fingerprint density at radius 3 is 2.38 bits per heavy atom. The van der Waals surface area contributed by atoms with Crippen molar-refractivity contribution in [2.45, 2.75) is 27.0 Å². The Kier molecular flexibility index (Phi) is 9.93. The molecule has 1 aromatic rings. The van der Waals surface area contributed by atoms with E-state index < -0.39 is 12.4 Å². The molecular weight excluding hydrogens is 398 g/mol. The molecule has 0 atom stereocenters. The molecule has 0 heterocycles. The van der Waals surface area contributed by atoms with Gasteiger partial charge in [0.1, 0.15) is 11.6 Å². The molecule has 120 valence electrons. The van der Waals surface area contributed by atoms with E-state index in [1.807, 2.05) is 13.8 Å². The number of nitrogens with one attached hydrogen (secondary N) is 2. The fraction of sp³-hybridized carbons (Fsp3) is 0.462. The normalized spacial score (nSPS) is 9.81. The molecule has 2 N–H and O–H groups in total. The largest absolute Gasteiger partial charge is 0.434 e. The molecule has 0 aliphatic heterocycles. The fourth-order valence-electron chi connectivity index (χ4n) is 1.57. The van der Waals surface area contributed by atoms with Crippen molar-refractivity contribution in [1.29, 1.82) is 0 Å². The summed E-state index contributed by atoms with van der Waals surface area (Å²) in [5.41, 5.74) is 0.00102. The molecule has 0 saturated carbocycles. The van der Waals surface area contributed by atoms with Crippen LogP contribution in [0.25, 0.3) is 0 Å². The lowest BCUT2D eigenvalue weighted by atomic mass is 10.2. The van der Waals surface area contributed by atoms with E-state index in [-0.39, 0.29) is 41.8 Å². The number of aliphatic imine (C=N–C) groups is 1. The van der Waals surface area contributed by atoms with Crippen LogP contribution in [-0.2, 0) is 6.54 Å². The SMILES string of the molecule is CCNC(=NCc1c(F)cccc1OC(F)F)NCC.I. The first kappa shape index (κ1) is 19.8. The van der Waals surface area contributed by atoms with Crippen molar-refractivity contribution in [1.82, 2.24) is 10.6 Å². The minimum absolute atomic E-state index is 0. The van der Waals surface area contributed by atoms with Gasteiger partial charge in [-0.25, -0.2) is 9.38 Å². The van der Waals surface area contributed by atoms with Crippen LogP contribution >= 0.6 is 24.0 Å². The van der Waals surface area contributed by atoms with Gasteiger partial charge in [0.2, 0.25) is 0 Å². The van der Waals surface area contributed by atoms with E-state index in [1.54, 1.807) is 0 Å². The number of halogens is 4. The van der Waals surface area contributed by atoms with Gasteiger partial charge in [0.05, 0.1) is 12.1 Å². The molecule has 1 rings (SSSR count). The molecule has 0 aromatic heterocycles. The molecule has 0 bridgehead atoms. The molecule has 1 aromatic carbocycles. The van der Waals surface area contributed by atoms with E-state index in [0.29, 0.717) is 19.0 Å². The standard InChI is InChI=1S/C13H18F3N3O.HI/c1-3-17-13(18-4-2)19-8-9-10(14)6-5-7-11(9)20-12(15)16;/h5-7,12H,3-4,8H2,1-2H3,(H2,17,18,19);1H. The average Bonchev–Trinajstić information content (AvgIpc) is 2.37. The molecule has 0 spiro atoms. The quantitative estimate of drug-likeness (QED) is 0.425. The first-order valence-electron chi connectivity index (χ1n) is 6.32. The highest BCUT2D eigenvalue weighted by molar-refractivity contribution is 14.0. The van der Waals surface area contributed by atoms with Crippen LogP contribution in [0.1, 0.15) is 19.4 Å². The molecule has 0 radical (unpaired) electrons. The molecule has 0 unspecified atom stereocenters. The van der Waals surface area contributed by atoms with Crippen molar-refractivity contribution in [3.05, 3.63) is 29.6 Å². The van der Waals surface area contributed by atoms with Gasteiger partial charge in [-0.05, 0) is 26.0 Å². The van der Waals surface area contributed by atoms with Crippen molar-refractivity contribution < 1.29 is 17.9 Å². The third-order valence-corrected chi connectivity index (χ3v) is 2.38. The summed E-state index contributed by atoms with van der Waals surface area (Å²) >= 11 is 0. The van der Waals surface area contributed by atoms with Crippen LogP contribution in [0, 0.1) is 5.82 Å². The zero-order chi connectivity index (χ0) is 15.0. The average molecular weight is 417 g/mol. The lowest BCUT2D eigenvalue weighted by Gasteiger charge is -2.12. The van der Waals surface area contributed by atoms with Gasteiger partial charge >= 0.3 is 6.61 Å². The number of rotatable bonds is 6. The number of hydrogen-bond donors (Lipinski definition) is 2. The third-order valence-electron chi connectivity index (χ3n) is 2.38. The van der Waals surface area contributed by atoms with E-state index in [0.717, 1.165) is 0 Å². The molecule has 0 fully saturated rings.